The maximum atomic E-state index is 8.48. The molecule has 104 valence electrons. The molecule has 0 radical (unpaired) electrons. The number of ether oxygens (including phenoxy) is 2. The van der Waals surface area contributed by atoms with E-state index in [4.69, 9.17) is 20.4 Å². The Morgan fingerprint density at radius 3 is 1.82 bits per heavy atom. The van der Waals surface area contributed by atoms with Gasteiger partial charge in [0.1, 0.15) is 23.0 Å². The van der Waals surface area contributed by atoms with Crippen LogP contribution in [0.4, 0.5) is 0 Å². The van der Waals surface area contributed by atoms with Crippen molar-refractivity contribution in [1.29, 1.82) is 0 Å². The van der Waals surface area contributed by atoms with Gasteiger partial charge in [-0.05, 0) is 47.6 Å². The van der Waals surface area contributed by atoms with Gasteiger partial charge in [0.15, 0.2) is 0 Å². The second-order valence-corrected chi connectivity index (χ2v) is 5.30. The first kappa shape index (κ1) is 6.61. The van der Waals surface area contributed by atoms with Crippen molar-refractivity contribution >= 4 is 23.1 Å². The number of fused-ring (bicyclic) bond motifs is 4. The minimum Gasteiger partial charge on any atom is -0.458 e. The SMILES string of the molecule is [2H]c1c([2H])c([2H])c2c(c1[2H])Oc1cc(C)cc3c1B2c1c([2H])c([2H])c([2H])c([2H])c1O3. The molecule has 3 aromatic carbocycles. The summed E-state index contributed by atoms with van der Waals surface area (Å²) in [7, 11) is 0. The first-order valence-electron chi connectivity index (χ1n) is 10.8. The Hall–Kier alpha value is -2.68. The standard InChI is InChI=1S/C19H13BO2/c1-12-10-17-19-18(11-12)22-16-9-5-3-7-14(16)20(19)13-6-2-4-8-15(13)21-17/h2-11H,1H3/i2D,3D,4D,5D,6D,7D,8D,9D. The van der Waals surface area contributed by atoms with Crippen LogP contribution in [-0.4, -0.2) is 6.71 Å². The Labute approximate surface area is 140 Å². The molecular formula is C19H13BO2. The van der Waals surface area contributed by atoms with Gasteiger partial charge in [-0.15, -0.1) is 0 Å². The van der Waals surface area contributed by atoms with Crippen molar-refractivity contribution in [3.05, 3.63) is 66.0 Å². The van der Waals surface area contributed by atoms with Crippen LogP contribution >= 0.6 is 0 Å². The second kappa shape index (κ2) is 4.17. The van der Waals surface area contributed by atoms with Gasteiger partial charge in [-0.3, -0.25) is 0 Å². The average Bonchev–Trinajstić information content (AvgIpc) is 2.72. The lowest BCUT2D eigenvalue weighted by atomic mass is 9.35. The highest BCUT2D eigenvalue weighted by molar-refractivity contribution is 6.98. The molecule has 3 heteroatoms. The fourth-order valence-electron chi connectivity index (χ4n) is 3.03. The van der Waals surface area contributed by atoms with Crippen LogP contribution in [-0.2, 0) is 0 Å². The molecule has 0 amide bonds. The fraction of sp³-hybridized carbons (Fsp3) is 0.0526. The number of hydrogen-bond donors (Lipinski definition) is 0. The zero-order chi connectivity index (χ0) is 21.6. The van der Waals surface area contributed by atoms with E-state index in [0.29, 0.717) is 17.0 Å². The van der Waals surface area contributed by atoms with Gasteiger partial charge in [-0.25, -0.2) is 0 Å². The van der Waals surface area contributed by atoms with Crippen LogP contribution in [0, 0.1) is 6.92 Å². The van der Waals surface area contributed by atoms with Crippen molar-refractivity contribution in [2.45, 2.75) is 6.92 Å². The van der Waals surface area contributed by atoms with Gasteiger partial charge in [-0.2, -0.15) is 0 Å². The van der Waals surface area contributed by atoms with E-state index in [1.165, 1.54) is 0 Å². The Kier molecular flexibility index (Phi) is 1.25. The number of aryl methyl sites for hydroxylation is 1. The van der Waals surface area contributed by atoms with E-state index in [-0.39, 0.29) is 46.6 Å². The zero-order valence-electron chi connectivity index (χ0n) is 19.5. The molecule has 0 spiro atoms. The van der Waals surface area contributed by atoms with Gasteiger partial charge < -0.3 is 9.47 Å². The van der Waals surface area contributed by atoms with Gasteiger partial charge >= 0.3 is 0 Å². The highest BCUT2D eigenvalue weighted by Gasteiger charge is 2.39. The summed E-state index contributed by atoms with van der Waals surface area (Å²) in [6.07, 6.45) is 0. The molecule has 2 nitrogen and oxygen atoms in total. The van der Waals surface area contributed by atoms with E-state index in [2.05, 4.69) is 0 Å². The molecule has 3 aromatic rings. The molecule has 0 saturated carbocycles. The van der Waals surface area contributed by atoms with E-state index in [1.807, 2.05) is 6.92 Å². The maximum absolute atomic E-state index is 8.48. The van der Waals surface area contributed by atoms with Gasteiger partial charge in [0.05, 0.1) is 11.0 Å². The van der Waals surface area contributed by atoms with Crippen molar-refractivity contribution in [2.24, 2.45) is 0 Å². The third-order valence-electron chi connectivity index (χ3n) is 3.90. The minimum absolute atomic E-state index is 0.0460. The molecule has 2 aliphatic rings. The molecule has 22 heavy (non-hydrogen) atoms. The van der Waals surface area contributed by atoms with Crippen molar-refractivity contribution in [2.75, 3.05) is 0 Å². The van der Waals surface area contributed by atoms with Gasteiger partial charge in [0, 0.05) is 5.46 Å². The van der Waals surface area contributed by atoms with E-state index in [0.717, 1.165) is 5.56 Å². The van der Waals surface area contributed by atoms with Crippen molar-refractivity contribution in [3.8, 4) is 23.0 Å². The topological polar surface area (TPSA) is 18.5 Å². The minimum atomic E-state index is -0.884. The molecule has 5 rings (SSSR count). The van der Waals surface area contributed by atoms with Gasteiger partial charge in [0.2, 0.25) is 0 Å². The lowest BCUT2D eigenvalue weighted by Crippen LogP contribution is -2.57. The number of hydrogen-bond acceptors (Lipinski definition) is 2. The summed E-state index contributed by atoms with van der Waals surface area (Å²) in [5.41, 5.74) is 1.52. The number of rotatable bonds is 0. The normalized spacial score (nSPS) is 18.5. The Bertz CT molecular complexity index is 1210. The smallest absolute Gasteiger partial charge is 0.260 e. The predicted octanol–water partition coefficient (Wildman–Crippen LogP) is 2.72. The van der Waals surface area contributed by atoms with E-state index in [9.17, 15) is 0 Å². The summed E-state index contributed by atoms with van der Waals surface area (Å²) in [5.74, 6) is 0.585. The molecule has 0 fully saturated rings. The fourth-order valence-corrected chi connectivity index (χ4v) is 3.03. The third kappa shape index (κ3) is 1.51. The Morgan fingerprint density at radius 2 is 1.27 bits per heavy atom. The third-order valence-corrected chi connectivity index (χ3v) is 3.90. The molecule has 0 saturated heterocycles. The van der Waals surface area contributed by atoms with Crippen molar-refractivity contribution in [1.82, 2.24) is 0 Å². The molecule has 0 unspecified atom stereocenters. The molecule has 0 bridgehead atoms. The number of para-hydroxylation sites is 2. The monoisotopic (exact) mass is 292 g/mol. The number of benzene rings is 3. The summed E-state index contributed by atoms with van der Waals surface area (Å²) in [6, 6.07) is 0.395. The van der Waals surface area contributed by atoms with Crippen LogP contribution in [0.15, 0.2) is 60.5 Å². The van der Waals surface area contributed by atoms with E-state index in [1.54, 1.807) is 12.1 Å². The van der Waals surface area contributed by atoms with Crippen LogP contribution in [0.25, 0.3) is 0 Å². The molecule has 2 aliphatic heterocycles. The van der Waals surface area contributed by atoms with Crippen LogP contribution in [0.1, 0.15) is 16.5 Å². The lowest BCUT2D eigenvalue weighted by molar-refractivity contribution is 0.464. The summed E-state index contributed by atoms with van der Waals surface area (Å²) in [4.78, 5) is 0. The van der Waals surface area contributed by atoms with Gasteiger partial charge in [0.25, 0.3) is 6.71 Å². The van der Waals surface area contributed by atoms with E-state index < -0.39 is 30.9 Å². The molecule has 0 N–H and O–H groups in total. The maximum Gasteiger partial charge on any atom is 0.260 e. The average molecular weight is 292 g/mol. The molecule has 0 aliphatic carbocycles. The van der Waals surface area contributed by atoms with Gasteiger partial charge in [-0.1, -0.05) is 36.3 Å². The quantitative estimate of drug-likeness (QED) is 0.409. The van der Waals surface area contributed by atoms with E-state index >= 15 is 0 Å². The summed E-state index contributed by atoms with van der Waals surface area (Å²) in [5, 5.41) is 0. The summed E-state index contributed by atoms with van der Waals surface area (Å²) < 4.78 is 77.6. The molecule has 0 aromatic heterocycles. The predicted molar refractivity (Wildman–Crippen MR) is 88.9 cm³/mol. The summed E-state index contributed by atoms with van der Waals surface area (Å²) in [6.45, 7) is 0.926. The Morgan fingerprint density at radius 1 is 0.773 bits per heavy atom. The molecule has 0 atom stereocenters. The Balaban J connectivity index is 1.98. The second-order valence-electron chi connectivity index (χ2n) is 5.30. The zero-order valence-corrected chi connectivity index (χ0v) is 11.5. The molecule has 2 heterocycles. The largest absolute Gasteiger partial charge is 0.458 e. The van der Waals surface area contributed by atoms with Crippen LogP contribution < -0.4 is 25.9 Å². The van der Waals surface area contributed by atoms with Crippen molar-refractivity contribution < 1.29 is 20.4 Å². The van der Waals surface area contributed by atoms with Crippen LogP contribution in [0.3, 0.4) is 0 Å². The van der Waals surface area contributed by atoms with Crippen LogP contribution in [0.2, 0.25) is 0 Å². The summed E-state index contributed by atoms with van der Waals surface area (Å²) >= 11 is 0. The highest BCUT2D eigenvalue weighted by Crippen LogP contribution is 2.34. The first-order valence-corrected chi connectivity index (χ1v) is 6.84. The molecular weight excluding hydrogens is 271 g/mol. The lowest BCUT2D eigenvalue weighted by Gasteiger charge is -2.33. The highest BCUT2D eigenvalue weighted by atomic mass is 16.5. The van der Waals surface area contributed by atoms with Crippen LogP contribution in [0.5, 0.6) is 23.0 Å². The first-order chi connectivity index (χ1) is 14.1. The van der Waals surface area contributed by atoms with Crippen molar-refractivity contribution in [3.63, 3.8) is 0 Å².